The summed E-state index contributed by atoms with van der Waals surface area (Å²) < 4.78 is 0. The van der Waals surface area contributed by atoms with Crippen LogP contribution in [0.5, 0.6) is 0 Å². The summed E-state index contributed by atoms with van der Waals surface area (Å²) in [5.41, 5.74) is 6.41. The molecule has 2 aromatic carbocycles. The lowest BCUT2D eigenvalue weighted by molar-refractivity contribution is 0.398. The molecule has 1 nitrogen and oxygen atoms in total. The van der Waals surface area contributed by atoms with E-state index in [2.05, 4.69) is 99.4 Å². The lowest BCUT2D eigenvalue weighted by atomic mass is 10.1. The van der Waals surface area contributed by atoms with Gasteiger partial charge in [-0.1, -0.05) is 54.6 Å². The van der Waals surface area contributed by atoms with Crippen molar-refractivity contribution in [2.24, 2.45) is 0 Å². The molecule has 120 valence electrons. The number of nitrogens with zero attached hydrogens (tertiary/aromatic N) is 1. The van der Waals surface area contributed by atoms with E-state index in [1.807, 2.05) is 0 Å². The van der Waals surface area contributed by atoms with E-state index in [9.17, 15) is 0 Å². The van der Waals surface area contributed by atoms with Crippen molar-refractivity contribution in [3.05, 3.63) is 82.6 Å². The predicted octanol–water partition coefficient (Wildman–Crippen LogP) is 5.70. The van der Waals surface area contributed by atoms with Gasteiger partial charge in [-0.2, -0.15) is 0 Å². The number of aryl methyl sites for hydroxylation is 2. The largest absolute Gasteiger partial charge is 0.372 e. The van der Waals surface area contributed by atoms with Crippen LogP contribution in [-0.4, -0.2) is 18.0 Å². The Hall–Kier alpha value is -2.28. The van der Waals surface area contributed by atoms with Crippen molar-refractivity contribution < 1.29 is 0 Å². The Bertz CT molecular complexity index is 676. The zero-order valence-electron chi connectivity index (χ0n) is 14.7. The van der Waals surface area contributed by atoms with E-state index in [4.69, 9.17) is 0 Å². The van der Waals surface area contributed by atoms with Crippen molar-refractivity contribution in [1.29, 1.82) is 0 Å². The summed E-state index contributed by atoms with van der Waals surface area (Å²) in [7, 11) is 0. The quantitative estimate of drug-likeness (QED) is 0.619. The van der Waals surface area contributed by atoms with Gasteiger partial charge in [-0.05, 0) is 62.1 Å². The second-order valence-corrected chi connectivity index (χ2v) is 5.83. The highest BCUT2D eigenvalue weighted by molar-refractivity contribution is 5.61. The highest BCUT2D eigenvalue weighted by Gasteiger charge is 2.03. The molecule has 0 saturated carbocycles. The van der Waals surface area contributed by atoms with Gasteiger partial charge in [0, 0.05) is 18.8 Å². The monoisotopic (exact) mass is 305 g/mol. The van der Waals surface area contributed by atoms with Crippen molar-refractivity contribution in [2.75, 3.05) is 13.1 Å². The maximum Gasteiger partial charge on any atom is 0.0372 e. The van der Waals surface area contributed by atoms with Crippen LogP contribution in [0.1, 0.15) is 36.1 Å². The molecule has 0 aliphatic rings. The highest BCUT2D eigenvalue weighted by atomic mass is 15.1. The Kier molecular flexibility index (Phi) is 6.22. The van der Waals surface area contributed by atoms with Crippen LogP contribution in [0, 0.1) is 13.8 Å². The van der Waals surface area contributed by atoms with E-state index in [0.29, 0.717) is 0 Å². The molecule has 0 bridgehead atoms. The van der Waals surface area contributed by atoms with Gasteiger partial charge in [0.2, 0.25) is 0 Å². The van der Waals surface area contributed by atoms with E-state index in [1.165, 1.54) is 28.0 Å². The molecule has 1 heteroatoms. The second-order valence-electron chi connectivity index (χ2n) is 5.83. The third kappa shape index (κ3) is 4.85. The first kappa shape index (κ1) is 17.1. The van der Waals surface area contributed by atoms with Crippen LogP contribution in [0.15, 0.2) is 60.3 Å². The zero-order chi connectivity index (χ0) is 16.7. The molecule has 0 heterocycles. The molecule has 0 amide bonds. The standard InChI is InChI=1S/C22H27N/c1-5-23(6-2)22(17-20-10-8-7-9-11-20)15-14-21-13-12-18(3)19(4)16-21/h7-17H,5-6H2,1-4H3/b15-14+,22-17-. The van der Waals surface area contributed by atoms with Gasteiger partial charge >= 0.3 is 0 Å². The smallest absolute Gasteiger partial charge is 0.0372 e. The number of rotatable bonds is 6. The maximum atomic E-state index is 2.38. The minimum Gasteiger partial charge on any atom is -0.372 e. The number of hydrogen-bond acceptors (Lipinski definition) is 1. The minimum absolute atomic E-state index is 1.01. The fraction of sp³-hybridized carbons (Fsp3) is 0.273. The van der Waals surface area contributed by atoms with Gasteiger partial charge in [-0.15, -0.1) is 0 Å². The summed E-state index contributed by atoms with van der Waals surface area (Å²) in [6.45, 7) is 10.7. The first-order chi connectivity index (χ1) is 11.1. The molecule has 0 spiro atoms. The fourth-order valence-electron chi connectivity index (χ4n) is 2.60. The summed E-state index contributed by atoms with van der Waals surface area (Å²) in [4.78, 5) is 2.38. The van der Waals surface area contributed by atoms with Crippen molar-refractivity contribution in [2.45, 2.75) is 27.7 Å². The van der Waals surface area contributed by atoms with Gasteiger partial charge in [-0.3, -0.25) is 0 Å². The fourth-order valence-corrected chi connectivity index (χ4v) is 2.60. The van der Waals surface area contributed by atoms with Crippen LogP contribution in [0.25, 0.3) is 12.2 Å². The van der Waals surface area contributed by atoms with Crippen molar-refractivity contribution in [1.82, 2.24) is 4.90 Å². The van der Waals surface area contributed by atoms with Crippen LogP contribution in [0.2, 0.25) is 0 Å². The molecule has 0 aliphatic heterocycles. The second kappa shape index (κ2) is 8.38. The molecule has 2 rings (SSSR count). The molecule has 0 saturated heterocycles. The number of likely N-dealkylation sites (N-methyl/N-ethyl adjacent to an activating group) is 1. The summed E-state index contributed by atoms with van der Waals surface area (Å²) >= 11 is 0. The van der Waals surface area contributed by atoms with Crippen molar-refractivity contribution in [3.63, 3.8) is 0 Å². The minimum atomic E-state index is 1.01. The van der Waals surface area contributed by atoms with Gasteiger partial charge in [0.25, 0.3) is 0 Å². The first-order valence-electron chi connectivity index (χ1n) is 8.41. The molecule has 0 unspecified atom stereocenters. The topological polar surface area (TPSA) is 3.24 Å². The van der Waals surface area contributed by atoms with E-state index in [0.717, 1.165) is 13.1 Å². The van der Waals surface area contributed by atoms with Crippen LogP contribution in [0.3, 0.4) is 0 Å². The molecular weight excluding hydrogens is 278 g/mol. The summed E-state index contributed by atoms with van der Waals surface area (Å²) in [5, 5.41) is 0. The highest BCUT2D eigenvalue weighted by Crippen LogP contribution is 2.16. The number of allylic oxidation sites excluding steroid dienone is 1. The third-order valence-electron chi connectivity index (χ3n) is 4.22. The normalized spacial score (nSPS) is 11.9. The average molecular weight is 305 g/mol. The molecular formula is C22H27N. The van der Waals surface area contributed by atoms with Gasteiger partial charge in [-0.25, -0.2) is 0 Å². The molecule has 2 aromatic rings. The average Bonchev–Trinajstić information content (AvgIpc) is 2.57. The SMILES string of the molecule is CCN(CC)C(=C\c1ccccc1)/C=C/c1ccc(C)c(C)c1. The molecule has 0 atom stereocenters. The number of benzene rings is 2. The maximum absolute atomic E-state index is 2.38. The van der Waals surface area contributed by atoms with Crippen LogP contribution in [-0.2, 0) is 0 Å². The lowest BCUT2D eigenvalue weighted by Crippen LogP contribution is -2.20. The Labute approximate surface area is 141 Å². The van der Waals surface area contributed by atoms with E-state index in [1.54, 1.807) is 0 Å². The van der Waals surface area contributed by atoms with Crippen molar-refractivity contribution in [3.8, 4) is 0 Å². The Morgan fingerprint density at radius 2 is 1.57 bits per heavy atom. The molecule has 0 aromatic heterocycles. The van der Waals surface area contributed by atoms with Crippen LogP contribution < -0.4 is 0 Å². The Balaban J connectivity index is 2.32. The third-order valence-corrected chi connectivity index (χ3v) is 4.22. The van der Waals surface area contributed by atoms with Crippen LogP contribution in [0.4, 0.5) is 0 Å². The molecule has 0 radical (unpaired) electrons. The van der Waals surface area contributed by atoms with Crippen molar-refractivity contribution >= 4 is 12.2 Å². The molecule has 0 N–H and O–H groups in total. The Morgan fingerprint density at radius 1 is 0.870 bits per heavy atom. The van der Waals surface area contributed by atoms with Gasteiger partial charge < -0.3 is 4.90 Å². The molecule has 0 aliphatic carbocycles. The summed E-state index contributed by atoms with van der Waals surface area (Å²) in [5.74, 6) is 0. The molecule has 0 fully saturated rings. The van der Waals surface area contributed by atoms with Gasteiger partial charge in [0.1, 0.15) is 0 Å². The van der Waals surface area contributed by atoms with Gasteiger partial charge in [0.05, 0.1) is 0 Å². The number of hydrogen-bond donors (Lipinski definition) is 0. The Morgan fingerprint density at radius 3 is 2.17 bits per heavy atom. The van der Waals surface area contributed by atoms with Crippen LogP contribution >= 0.6 is 0 Å². The lowest BCUT2D eigenvalue weighted by Gasteiger charge is -2.22. The zero-order valence-corrected chi connectivity index (χ0v) is 14.7. The molecule has 23 heavy (non-hydrogen) atoms. The summed E-state index contributed by atoms with van der Waals surface area (Å²) in [6, 6.07) is 17.1. The van der Waals surface area contributed by atoms with Gasteiger partial charge in [0.15, 0.2) is 0 Å². The predicted molar refractivity (Wildman–Crippen MR) is 102 cm³/mol. The van der Waals surface area contributed by atoms with E-state index >= 15 is 0 Å². The van der Waals surface area contributed by atoms with E-state index in [-0.39, 0.29) is 0 Å². The first-order valence-corrected chi connectivity index (χ1v) is 8.41. The summed E-state index contributed by atoms with van der Waals surface area (Å²) in [6.07, 6.45) is 6.69. The van der Waals surface area contributed by atoms with E-state index < -0.39 is 0 Å².